The largest absolute Gasteiger partial charge is 0.426 e. The predicted octanol–water partition coefficient (Wildman–Crippen LogP) is 3.03. The summed E-state index contributed by atoms with van der Waals surface area (Å²) in [5, 5.41) is 0. The molecule has 88 valence electrons. The molecular formula is C13H12O4. The molecule has 4 heteroatoms. The summed E-state index contributed by atoms with van der Waals surface area (Å²) in [5.74, 6) is 1.18. The van der Waals surface area contributed by atoms with Crippen molar-refractivity contribution in [3.8, 4) is 11.7 Å². The van der Waals surface area contributed by atoms with Crippen molar-refractivity contribution in [3.63, 3.8) is 0 Å². The van der Waals surface area contributed by atoms with E-state index in [9.17, 15) is 4.79 Å². The number of ether oxygens (including phenoxy) is 2. The highest BCUT2D eigenvalue weighted by Crippen LogP contribution is 2.24. The smallest absolute Gasteiger partial charge is 0.290 e. The fraction of sp³-hybridized carbons (Fsp3) is 0.154. The van der Waals surface area contributed by atoms with Gasteiger partial charge >= 0.3 is 0 Å². The van der Waals surface area contributed by atoms with Gasteiger partial charge in [-0.3, -0.25) is 4.79 Å². The summed E-state index contributed by atoms with van der Waals surface area (Å²) >= 11 is 0. The van der Waals surface area contributed by atoms with Crippen LogP contribution in [0.1, 0.15) is 16.1 Å². The van der Waals surface area contributed by atoms with Gasteiger partial charge in [-0.25, -0.2) is 0 Å². The Morgan fingerprint density at radius 2 is 2.18 bits per heavy atom. The fourth-order valence-electron chi connectivity index (χ4n) is 1.43. The average Bonchev–Trinajstić information content (AvgIpc) is 2.78. The summed E-state index contributed by atoms with van der Waals surface area (Å²) in [7, 11) is 1.64. The van der Waals surface area contributed by atoms with E-state index in [1.54, 1.807) is 19.2 Å². The number of methoxy groups -OCH3 is 1. The molecule has 0 saturated heterocycles. The lowest BCUT2D eigenvalue weighted by molar-refractivity contribution is 0.109. The zero-order chi connectivity index (χ0) is 12.1. The second-order valence-electron chi connectivity index (χ2n) is 3.46. The van der Waals surface area contributed by atoms with Gasteiger partial charge in [0, 0.05) is 13.2 Å². The van der Waals surface area contributed by atoms with Crippen molar-refractivity contribution in [1.82, 2.24) is 0 Å². The number of furan rings is 1. The molecule has 0 unspecified atom stereocenters. The van der Waals surface area contributed by atoms with E-state index in [-0.39, 0.29) is 5.76 Å². The van der Waals surface area contributed by atoms with E-state index in [2.05, 4.69) is 0 Å². The van der Waals surface area contributed by atoms with Crippen molar-refractivity contribution in [2.45, 2.75) is 6.61 Å². The van der Waals surface area contributed by atoms with E-state index >= 15 is 0 Å². The molecule has 0 N–H and O–H groups in total. The maximum Gasteiger partial charge on any atom is 0.290 e. The topological polar surface area (TPSA) is 48.7 Å². The van der Waals surface area contributed by atoms with E-state index in [1.807, 2.05) is 24.3 Å². The van der Waals surface area contributed by atoms with Crippen molar-refractivity contribution >= 4 is 6.29 Å². The van der Waals surface area contributed by atoms with Crippen LogP contribution >= 0.6 is 0 Å². The van der Waals surface area contributed by atoms with Crippen LogP contribution in [0, 0.1) is 0 Å². The summed E-state index contributed by atoms with van der Waals surface area (Å²) < 4.78 is 15.6. The predicted molar refractivity (Wildman–Crippen MR) is 61.3 cm³/mol. The third kappa shape index (κ3) is 2.95. The highest BCUT2D eigenvalue weighted by Gasteiger charge is 2.04. The Kier molecular flexibility index (Phi) is 3.57. The first-order valence-electron chi connectivity index (χ1n) is 5.12. The van der Waals surface area contributed by atoms with Crippen molar-refractivity contribution in [3.05, 3.63) is 47.7 Å². The van der Waals surface area contributed by atoms with Crippen LogP contribution in [0.3, 0.4) is 0 Å². The van der Waals surface area contributed by atoms with E-state index in [1.165, 1.54) is 0 Å². The van der Waals surface area contributed by atoms with Gasteiger partial charge in [0.15, 0.2) is 12.0 Å². The van der Waals surface area contributed by atoms with Crippen LogP contribution in [0.2, 0.25) is 0 Å². The van der Waals surface area contributed by atoms with Crippen LogP contribution in [-0.4, -0.2) is 13.4 Å². The average molecular weight is 232 g/mol. The van der Waals surface area contributed by atoms with Crippen molar-refractivity contribution < 1.29 is 18.7 Å². The second-order valence-corrected chi connectivity index (χ2v) is 3.46. The van der Waals surface area contributed by atoms with E-state index in [0.717, 1.165) is 5.56 Å². The Labute approximate surface area is 98.8 Å². The van der Waals surface area contributed by atoms with Gasteiger partial charge < -0.3 is 13.9 Å². The Morgan fingerprint density at radius 3 is 2.88 bits per heavy atom. The molecule has 1 heterocycles. The minimum absolute atomic E-state index is 0.244. The number of hydrogen-bond donors (Lipinski definition) is 0. The normalized spacial score (nSPS) is 10.2. The van der Waals surface area contributed by atoms with Crippen LogP contribution in [0.5, 0.6) is 11.7 Å². The molecule has 2 aromatic rings. The number of carbonyl (C=O) groups excluding carboxylic acids is 1. The van der Waals surface area contributed by atoms with Crippen LogP contribution in [-0.2, 0) is 11.3 Å². The van der Waals surface area contributed by atoms with Crippen LogP contribution < -0.4 is 4.74 Å². The molecule has 2 rings (SSSR count). The number of hydrogen-bond acceptors (Lipinski definition) is 4. The quantitative estimate of drug-likeness (QED) is 0.743. The Morgan fingerprint density at radius 1 is 1.29 bits per heavy atom. The molecule has 0 fully saturated rings. The zero-order valence-electron chi connectivity index (χ0n) is 9.38. The van der Waals surface area contributed by atoms with Crippen molar-refractivity contribution in [1.29, 1.82) is 0 Å². The summed E-state index contributed by atoms with van der Waals surface area (Å²) in [5.41, 5.74) is 1.01. The summed E-state index contributed by atoms with van der Waals surface area (Å²) in [6.45, 7) is 0.523. The number of benzene rings is 1. The molecule has 1 aromatic carbocycles. The molecule has 0 aliphatic carbocycles. The molecule has 0 atom stereocenters. The maximum absolute atomic E-state index is 10.4. The van der Waals surface area contributed by atoms with E-state index in [0.29, 0.717) is 24.6 Å². The van der Waals surface area contributed by atoms with Crippen LogP contribution in [0.25, 0.3) is 0 Å². The molecule has 0 radical (unpaired) electrons. The highest BCUT2D eigenvalue weighted by atomic mass is 16.6. The molecule has 1 aromatic heterocycles. The van der Waals surface area contributed by atoms with Gasteiger partial charge in [0.25, 0.3) is 5.95 Å². The van der Waals surface area contributed by atoms with Crippen molar-refractivity contribution in [2.24, 2.45) is 0 Å². The summed E-state index contributed by atoms with van der Waals surface area (Å²) in [4.78, 5) is 10.4. The van der Waals surface area contributed by atoms with Gasteiger partial charge in [-0.05, 0) is 23.8 Å². The maximum atomic E-state index is 10.4. The number of carbonyl (C=O) groups is 1. The van der Waals surface area contributed by atoms with Gasteiger partial charge in [-0.15, -0.1) is 0 Å². The minimum Gasteiger partial charge on any atom is -0.426 e. The molecule has 0 amide bonds. The van der Waals surface area contributed by atoms with Crippen LogP contribution in [0.4, 0.5) is 0 Å². The van der Waals surface area contributed by atoms with Gasteiger partial charge in [0.1, 0.15) is 5.75 Å². The number of aldehydes is 1. The molecule has 17 heavy (non-hydrogen) atoms. The molecule has 0 spiro atoms. The van der Waals surface area contributed by atoms with Gasteiger partial charge in [0.05, 0.1) is 6.61 Å². The third-order valence-electron chi connectivity index (χ3n) is 2.15. The first kappa shape index (κ1) is 11.4. The molecular weight excluding hydrogens is 220 g/mol. The first-order valence-corrected chi connectivity index (χ1v) is 5.12. The summed E-state index contributed by atoms with van der Waals surface area (Å²) in [6.07, 6.45) is 0.633. The lowest BCUT2D eigenvalue weighted by atomic mass is 10.2. The highest BCUT2D eigenvalue weighted by molar-refractivity contribution is 5.70. The SMILES string of the molecule is COCc1cccc(Oc2ccc(C=O)o2)c1. The molecule has 4 nitrogen and oxygen atoms in total. The Bertz CT molecular complexity index is 502. The third-order valence-corrected chi connectivity index (χ3v) is 2.15. The van der Waals surface area contributed by atoms with Gasteiger partial charge in [0.2, 0.25) is 0 Å². The zero-order valence-corrected chi connectivity index (χ0v) is 9.38. The molecule has 0 aliphatic heterocycles. The first-order chi connectivity index (χ1) is 8.31. The van der Waals surface area contributed by atoms with Gasteiger partial charge in [-0.1, -0.05) is 12.1 Å². The Hall–Kier alpha value is -2.07. The van der Waals surface area contributed by atoms with E-state index < -0.39 is 0 Å². The van der Waals surface area contributed by atoms with Gasteiger partial charge in [-0.2, -0.15) is 0 Å². The second kappa shape index (κ2) is 5.32. The fourth-order valence-corrected chi connectivity index (χ4v) is 1.43. The Balaban J connectivity index is 2.12. The monoisotopic (exact) mass is 232 g/mol. The van der Waals surface area contributed by atoms with Crippen molar-refractivity contribution in [2.75, 3.05) is 7.11 Å². The lowest BCUT2D eigenvalue weighted by Gasteiger charge is -2.04. The molecule has 0 bridgehead atoms. The number of rotatable bonds is 5. The lowest BCUT2D eigenvalue weighted by Crippen LogP contribution is -1.88. The standard InChI is InChI=1S/C13H12O4/c1-15-9-10-3-2-4-11(7-10)16-13-6-5-12(8-14)17-13/h2-8H,9H2,1H3. The molecule has 0 saturated carbocycles. The van der Waals surface area contributed by atoms with E-state index in [4.69, 9.17) is 13.9 Å². The van der Waals surface area contributed by atoms with Crippen LogP contribution in [0.15, 0.2) is 40.8 Å². The summed E-state index contributed by atoms with van der Waals surface area (Å²) in [6, 6.07) is 10.6. The molecule has 0 aliphatic rings. The minimum atomic E-state index is 0.244.